The van der Waals surface area contributed by atoms with Crippen LogP contribution in [0.25, 0.3) is 0 Å². The monoisotopic (exact) mass is 201 g/mol. The van der Waals surface area contributed by atoms with E-state index in [1.54, 1.807) is 12.3 Å². The third-order valence-corrected chi connectivity index (χ3v) is 1.80. The molecule has 0 aromatic carbocycles. The molecule has 0 radical (unpaired) electrons. The Morgan fingerprint density at radius 1 is 1.69 bits per heavy atom. The van der Waals surface area contributed by atoms with Crippen LogP contribution in [0.5, 0.6) is 0 Å². The number of aliphatic hydroxyl groups excluding tert-OH is 1. The van der Waals surface area contributed by atoms with Crippen molar-refractivity contribution >= 4 is 17.4 Å². The van der Waals surface area contributed by atoms with E-state index >= 15 is 0 Å². The molecule has 0 saturated heterocycles. The zero-order valence-electron chi connectivity index (χ0n) is 7.37. The Morgan fingerprint density at radius 3 is 3.08 bits per heavy atom. The Hall–Kier alpha value is -0.870. The number of nitrogens with zero attached hydrogens (tertiary/aromatic N) is 2. The minimum atomic E-state index is -0.353. The molecule has 0 aliphatic rings. The first-order valence-corrected chi connectivity index (χ1v) is 4.50. The van der Waals surface area contributed by atoms with E-state index in [1.165, 1.54) is 0 Å². The molecule has 0 bridgehead atoms. The molecule has 0 fully saturated rings. The van der Waals surface area contributed by atoms with E-state index in [4.69, 9.17) is 11.6 Å². The molecule has 0 saturated carbocycles. The molecular weight excluding hydrogens is 190 g/mol. The van der Waals surface area contributed by atoms with Crippen molar-refractivity contribution in [2.24, 2.45) is 0 Å². The quantitative estimate of drug-likeness (QED) is 0.722. The Kier molecular flexibility index (Phi) is 3.92. The molecule has 13 heavy (non-hydrogen) atoms. The molecule has 1 unspecified atom stereocenters. The summed E-state index contributed by atoms with van der Waals surface area (Å²) < 4.78 is 0. The van der Waals surface area contributed by atoms with Crippen LogP contribution < -0.4 is 5.32 Å². The molecule has 1 heterocycles. The van der Waals surface area contributed by atoms with Crippen LogP contribution in [0.15, 0.2) is 12.3 Å². The van der Waals surface area contributed by atoms with Crippen molar-refractivity contribution in [3.8, 4) is 0 Å². The number of rotatable bonds is 4. The lowest BCUT2D eigenvalue weighted by Crippen LogP contribution is -2.18. The Morgan fingerprint density at radius 2 is 2.46 bits per heavy atom. The number of hydrogen-bond acceptors (Lipinski definition) is 4. The average Bonchev–Trinajstić information content (AvgIpc) is 2.14. The van der Waals surface area contributed by atoms with Crippen molar-refractivity contribution in [1.29, 1.82) is 0 Å². The van der Waals surface area contributed by atoms with Crippen LogP contribution in [-0.4, -0.2) is 27.7 Å². The molecule has 1 aromatic heterocycles. The van der Waals surface area contributed by atoms with E-state index < -0.39 is 0 Å². The van der Waals surface area contributed by atoms with Gasteiger partial charge in [-0.1, -0.05) is 6.92 Å². The SMILES string of the molecule is CCC(O)CNc1ccnc(Cl)n1. The van der Waals surface area contributed by atoms with Crippen LogP contribution in [0.4, 0.5) is 5.82 Å². The zero-order chi connectivity index (χ0) is 9.68. The van der Waals surface area contributed by atoms with Crippen molar-refractivity contribution in [1.82, 2.24) is 9.97 Å². The second-order valence-electron chi connectivity index (χ2n) is 2.65. The van der Waals surface area contributed by atoms with Crippen molar-refractivity contribution in [3.63, 3.8) is 0 Å². The Bertz CT molecular complexity index is 269. The maximum absolute atomic E-state index is 9.25. The van der Waals surface area contributed by atoms with E-state index in [0.717, 1.165) is 0 Å². The van der Waals surface area contributed by atoms with Gasteiger partial charge in [0.15, 0.2) is 0 Å². The highest BCUT2D eigenvalue weighted by molar-refractivity contribution is 6.28. The molecule has 2 N–H and O–H groups in total. The summed E-state index contributed by atoms with van der Waals surface area (Å²) in [6, 6.07) is 1.70. The van der Waals surface area contributed by atoms with E-state index in [-0.39, 0.29) is 11.4 Å². The Balaban J connectivity index is 2.45. The van der Waals surface area contributed by atoms with Crippen molar-refractivity contribution < 1.29 is 5.11 Å². The lowest BCUT2D eigenvalue weighted by Gasteiger charge is -2.09. The van der Waals surface area contributed by atoms with Crippen LogP contribution in [0.2, 0.25) is 5.28 Å². The minimum absolute atomic E-state index is 0.205. The summed E-state index contributed by atoms with van der Waals surface area (Å²) in [5.41, 5.74) is 0. The summed E-state index contributed by atoms with van der Waals surface area (Å²) in [5.74, 6) is 0.632. The topological polar surface area (TPSA) is 58.0 Å². The van der Waals surface area contributed by atoms with E-state index in [2.05, 4.69) is 15.3 Å². The summed E-state index contributed by atoms with van der Waals surface area (Å²) >= 11 is 5.57. The molecule has 0 aliphatic heterocycles. The fraction of sp³-hybridized carbons (Fsp3) is 0.500. The van der Waals surface area contributed by atoms with E-state index in [9.17, 15) is 5.11 Å². The molecule has 0 amide bonds. The first-order chi connectivity index (χ1) is 6.22. The normalized spacial score (nSPS) is 12.5. The number of hydrogen-bond donors (Lipinski definition) is 2. The second-order valence-corrected chi connectivity index (χ2v) is 2.99. The van der Waals surface area contributed by atoms with Gasteiger partial charge in [0.25, 0.3) is 0 Å². The maximum Gasteiger partial charge on any atom is 0.224 e. The van der Waals surface area contributed by atoms with Crippen molar-refractivity contribution in [2.75, 3.05) is 11.9 Å². The van der Waals surface area contributed by atoms with E-state index in [0.29, 0.717) is 18.8 Å². The highest BCUT2D eigenvalue weighted by atomic mass is 35.5. The largest absolute Gasteiger partial charge is 0.391 e. The fourth-order valence-corrected chi connectivity index (χ4v) is 0.947. The first-order valence-electron chi connectivity index (χ1n) is 4.13. The highest BCUT2D eigenvalue weighted by Gasteiger charge is 2.00. The van der Waals surface area contributed by atoms with Crippen LogP contribution in [-0.2, 0) is 0 Å². The maximum atomic E-state index is 9.25. The fourth-order valence-electron chi connectivity index (χ4n) is 0.800. The average molecular weight is 202 g/mol. The molecule has 72 valence electrons. The predicted molar refractivity (Wildman–Crippen MR) is 51.8 cm³/mol. The van der Waals surface area contributed by atoms with Crippen molar-refractivity contribution in [3.05, 3.63) is 17.5 Å². The van der Waals surface area contributed by atoms with Gasteiger partial charge in [-0.15, -0.1) is 0 Å². The third-order valence-electron chi connectivity index (χ3n) is 1.62. The predicted octanol–water partition coefficient (Wildman–Crippen LogP) is 1.31. The van der Waals surface area contributed by atoms with Gasteiger partial charge in [0.05, 0.1) is 6.10 Å². The molecule has 5 heteroatoms. The molecular formula is C8H12ClN3O. The van der Waals surface area contributed by atoms with Gasteiger partial charge in [0, 0.05) is 12.7 Å². The van der Waals surface area contributed by atoms with Gasteiger partial charge in [-0.3, -0.25) is 0 Å². The molecule has 1 aromatic rings. The van der Waals surface area contributed by atoms with Crippen LogP contribution in [0, 0.1) is 0 Å². The number of halogens is 1. The van der Waals surface area contributed by atoms with Gasteiger partial charge in [-0.25, -0.2) is 9.97 Å². The van der Waals surface area contributed by atoms with Gasteiger partial charge in [0.1, 0.15) is 5.82 Å². The second kappa shape index (κ2) is 4.99. The highest BCUT2D eigenvalue weighted by Crippen LogP contribution is 2.05. The van der Waals surface area contributed by atoms with Gasteiger partial charge in [-0.05, 0) is 24.1 Å². The summed E-state index contributed by atoms with van der Waals surface area (Å²) in [6.07, 6.45) is 1.93. The van der Waals surface area contributed by atoms with Crippen LogP contribution >= 0.6 is 11.6 Å². The third kappa shape index (κ3) is 3.57. The molecule has 1 rings (SSSR count). The minimum Gasteiger partial charge on any atom is -0.391 e. The number of anilines is 1. The number of aliphatic hydroxyl groups is 1. The number of nitrogens with one attached hydrogen (secondary N) is 1. The van der Waals surface area contributed by atoms with Crippen molar-refractivity contribution in [2.45, 2.75) is 19.4 Å². The van der Waals surface area contributed by atoms with Gasteiger partial charge < -0.3 is 10.4 Å². The number of aromatic nitrogens is 2. The van der Waals surface area contributed by atoms with Gasteiger partial charge >= 0.3 is 0 Å². The standard InChI is InChI=1S/C8H12ClN3O/c1-2-6(13)5-11-7-3-4-10-8(9)12-7/h3-4,6,13H,2,5H2,1H3,(H,10,11,12). The lowest BCUT2D eigenvalue weighted by molar-refractivity contribution is 0.183. The van der Waals surface area contributed by atoms with E-state index in [1.807, 2.05) is 6.92 Å². The summed E-state index contributed by atoms with van der Waals surface area (Å²) in [7, 11) is 0. The molecule has 4 nitrogen and oxygen atoms in total. The summed E-state index contributed by atoms with van der Waals surface area (Å²) in [4.78, 5) is 7.65. The lowest BCUT2D eigenvalue weighted by atomic mass is 10.3. The summed E-state index contributed by atoms with van der Waals surface area (Å²) in [5, 5.41) is 12.4. The first kappa shape index (κ1) is 10.2. The molecule has 0 aliphatic carbocycles. The molecule has 1 atom stereocenters. The van der Waals surface area contributed by atoms with Crippen LogP contribution in [0.3, 0.4) is 0 Å². The van der Waals surface area contributed by atoms with Gasteiger partial charge in [0.2, 0.25) is 5.28 Å². The smallest absolute Gasteiger partial charge is 0.224 e. The Labute approximate surface area is 82.0 Å². The summed E-state index contributed by atoms with van der Waals surface area (Å²) in [6.45, 7) is 2.39. The van der Waals surface area contributed by atoms with Crippen LogP contribution in [0.1, 0.15) is 13.3 Å². The zero-order valence-corrected chi connectivity index (χ0v) is 8.12. The van der Waals surface area contributed by atoms with Gasteiger partial charge in [-0.2, -0.15) is 0 Å². The molecule has 0 spiro atoms.